The van der Waals surface area contributed by atoms with Crippen LogP contribution in [0.15, 0.2) is 36.5 Å². The van der Waals surface area contributed by atoms with Gasteiger partial charge >= 0.3 is 0 Å². The van der Waals surface area contributed by atoms with Gasteiger partial charge in [0.05, 0.1) is 37.0 Å². The Balaban J connectivity index is 1.67. The predicted octanol–water partition coefficient (Wildman–Crippen LogP) is 3.49. The number of methoxy groups -OCH3 is 2. The SMILES string of the molecule is CCn1c(C2NCCc3cc(OC)c(OC)cc32)nc2cc(F)c(-c3ccnc(N)n3)cc21. The molecular weight excluding hydrogens is 423 g/mol. The number of aromatic nitrogens is 4. The van der Waals surface area contributed by atoms with Crippen LogP contribution < -0.4 is 20.5 Å². The normalized spacial score (nSPS) is 15.5. The average molecular weight is 449 g/mol. The van der Waals surface area contributed by atoms with Gasteiger partial charge in [0.25, 0.3) is 0 Å². The molecular formula is C24H25FN6O2. The van der Waals surface area contributed by atoms with Gasteiger partial charge in [-0.15, -0.1) is 0 Å². The molecule has 0 spiro atoms. The van der Waals surface area contributed by atoms with Crippen LogP contribution in [0, 0.1) is 5.82 Å². The number of nitrogen functional groups attached to an aromatic ring is 1. The Hall–Kier alpha value is -3.72. The van der Waals surface area contributed by atoms with E-state index >= 15 is 4.39 Å². The summed E-state index contributed by atoms with van der Waals surface area (Å²) in [5.74, 6) is 1.88. The fourth-order valence-electron chi connectivity index (χ4n) is 4.55. The molecule has 0 saturated carbocycles. The van der Waals surface area contributed by atoms with Crippen molar-refractivity contribution in [1.82, 2.24) is 24.8 Å². The highest BCUT2D eigenvalue weighted by Gasteiger charge is 2.28. The van der Waals surface area contributed by atoms with Gasteiger partial charge in [-0.3, -0.25) is 0 Å². The summed E-state index contributed by atoms with van der Waals surface area (Å²) in [6.07, 6.45) is 2.39. The molecule has 5 rings (SSSR count). The molecule has 33 heavy (non-hydrogen) atoms. The number of halogens is 1. The molecule has 9 heteroatoms. The molecule has 0 aliphatic carbocycles. The number of aryl methyl sites for hydroxylation is 1. The largest absolute Gasteiger partial charge is 0.493 e. The number of nitrogens with one attached hydrogen (secondary N) is 1. The summed E-state index contributed by atoms with van der Waals surface area (Å²) in [5, 5.41) is 3.57. The third-order valence-corrected chi connectivity index (χ3v) is 6.09. The third-order valence-electron chi connectivity index (χ3n) is 6.09. The number of rotatable bonds is 5. The second-order valence-electron chi connectivity index (χ2n) is 7.88. The Morgan fingerprint density at radius 2 is 1.94 bits per heavy atom. The lowest BCUT2D eigenvalue weighted by Gasteiger charge is -2.28. The fraction of sp³-hybridized carbons (Fsp3) is 0.292. The molecule has 0 bridgehead atoms. The van der Waals surface area contributed by atoms with Gasteiger partial charge in [-0.1, -0.05) is 0 Å². The monoisotopic (exact) mass is 448 g/mol. The minimum Gasteiger partial charge on any atom is -0.493 e. The molecule has 0 saturated heterocycles. The molecule has 170 valence electrons. The van der Waals surface area contributed by atoms with E-state index in [0.29, 0.717) is 34.8 Å². The van der Waals surface area contributed by atoms with Crippen LogP contribution in [0.25, 0.3) is 22.3 Å². The van der Waals surface area contributed by atoms with Gasteiger partial charge in [-0.05, 0) is 48.7 Å². The van der Waals surface area contributed by atoms with Crippen molar-refractivity contribution in [1.29, 1.82) is 0 Å². The van der Waals surface area contributed by atoms with E-state index in [0.717, 1.165) is 29.9 Å². The highest BCUT2D eigenvalue weighted by atomic mass is 19.1. The maximum absolute atomic E-state index is 15.0. The van der Waals surface area contributed by atoms with Crippen molar-refractivity contribution in [3.05, 3.63) is 59.3 Å². The molecule has 1 aliphatic rings. The summed E-state index contributed by atoms with van der Waals surface area (Å²) >= 11 is 0. The first-order valence-electron chi connectivity index (χ1n) is 10.8. The molecule has 2 aromatic carbocycles. The van der Waals surface area contributed by atoms with Crippen molar-refractivity contribution in [3.63, 3.8) is 0 Å². The highest BCUT2D eigenvalue weighted by Crippen LogP contribution is 2.38. The summed E-state index contributed by atoms with van der Waals surface area (Å²) in [4.78, 5) is 12.9. The van der Waals surface area contributed by atoms with Crippen molar-refractivity contribution >= 4 is 17.0 Å². The highest BCUT2D eigenvalue weighted by molar-refractivity contribution is 5.82. The quantitative estimate of drug-likeness (QED) is 0.482. The van der Waals surface area contributed by atoms with Crippen LogP contribution in [0.4, 0.5) is 10.3 Å². The molecule has 3 heterocycles. The Morgan fingerprint density at radius 3 is 2.67 bits per heavy atom. The van der Waals surface area contributed by atoms with Crippen LogP contribution in [0.1, 0.15) is 29.9 Å². The average Bonchev–Trinajstić information content (AvgIpc) is 3.19. The number of ether oxygens (including phenoxy) is 2. The first-order chi connectivity index (χ1) is 16.0. The Labute approximate surface area is 190 Å². The van der Waals surface area contributed by atoms with Gasteiger partial charge in [0.1, 0.15) is 11.6 Å². The molecule has 4 aromatic rings. The summed E-state index contributed by atoms with van der Waals surface area (Å²) in [7, 11) is 3.26. The van der Waals surface area contributed by atoms with E-state index in [1.807, 2.05) is 12.1 Å². The second-order valence-corrected chi connectivity index (χ2v) is 7.88. The Kier molecular flexibility index (Phi) is 5.33. The van der Waals surface area contributed by atoms with Gasteiger partial charge in [0, 0.05) is 30.9 Å². The van der Waals surface area contributed by atoms with E-state index in [9.17, 15) is 0 Å². The van der Waals surface area contributed by atoms with Crippen LogP contribution in [0.5, 0.6) is 11.5 Å². The van der Waals surface area contributed by atoms with E-state index < -0.39 is 5.82 Å². The number of anilines is 1. The van der Waals surface area contributed by atoms with E-state index in [1.165, 1.54) is 17.8 Å². The zero-order valence-corrected chi connectivity index (χ0v) is 18.7. The minimum absolute atomic E-state index is 0.101. The molecule has 1 aliphatic heterocycles. The molecule has 2 aromatic heterocycles. The number of fused-ring (bicyclic) bond motifs is 2. The van der Waals surface area contributed by atoms with Crippen molar-refractivity contribution in [2.24, 2.45) is 0 Å². The maximum Gasteiger partial charge on any atom is 0.220 e. The van der Waals surface area contributed by atoms with E-state index in [1.54, 1.807) is 26.4 Å². The molecule has 1 atom stereocenters. The molecule has 8 nitrogen and oxygen atoms in total. The Morgan fingerprint density at radius 1 is 1.15 bits per heavy atom. The first kappa shape index (κ1) is 21.1. The fourth-order valence-corrected chi connectivity index (χ4v) is 4.55. The molecule has 0 radical (unpaired) electrons. The van der Waals surface area contributed by atoms with Crippen LogP contribution in [0.3, 0.4) is 0 Å². The van der Waals surface area contributed by atoms with Crippen molar-refractivity contribution in [2.75, 3.05) is 26.5 Å². The van der Waals surface area contributed by atoms with Gasteiger partial charge in [-0.25, -0.2) is 19.3 Å². The van der Waals surface area contributed by atoms with Gasteiger partial charge < -0.3 is 25.1 Å². The van der Waals surface area contributed by atoms with Gasteiger partial charge in [0.2, 0.25) is 5.95 Å². The minimum atomic E-state index is -0.406. The number of nitrogens with two attached hydrogens (primary N) is 1. The molecule has 0 fully saturated rings. The van der Waals surface area contributed by atoms with E-state index in [2.05, 4.69) is 26.8 Å². The summed E-state index contributed by atoms with van der Waals surface area (Å²) < 4.78 is 28.2. The topological polar surface area (TPSA) is 100 Å². The summed E-state index contributed by atoms with van der Waals surface area (Å²) in [6, 6.07) is 8.74. The maximum atomic E-state index is 15.0. The number of benzene rings is 2. The number of hydrogen-bond acceptors (Lipinski definition) is 7. The zero-order chi connectivity index (χ0) is 23.1. The van der Waals surface area contributed by atoms with Crippen LogP contribution in [-0.4, -0.2) is 40.3 Å². The lowest BCUT2D eigenvalue weighted by Crippen LogP contribution is -2.32. The molecule has 3 N–H and O–H groups in total. The summed E-state index contributed by atoms with van der Waals surface area (Å²) in [5.41, 5.74) is 10.2. The van der Waals surface area contributed by atoms with Crippen molar-refractivity contribution in [3.8, 4) is 22.8 Å². The number of nitrogens with zero attached hydrogens (tertiary/aromatic N) is 4. The lowest BCUT2D eigenvalue weighted by molar-refractivity contribution is 0.352. The molecule has 0 amide bonds. The second kappa shape index (κ2) is 8.32. The Bertz CT molecular complexity index is 1350. The van der Waals surface area contributed by atoms with E-state index in [-0.39, 0.29) is 12.0 Å². The standard InChI is InChI=1S/C24H25FN6O2/c1-4-31-19-10-15(17-6-8-28-24(26)30-17)16(25)12-18(19)29-23(31)22-14-11-21(33-3)20(32-2)9-13(14)5-7-27-22/h6,8-12,22,27H,4-5,7H2,1-3H3,(H2,26,28,30). The molecule has 1 unspecified atom stereocenters. The van der Waals surface area contributed by atoms with Gasteiger partial charge in [0.15, 0.2) is 11.5 Å². The third kappa shape index (κ3) is 3.54. The number of imidazole rings is 1. The van der Waals surface area contributed by atoms with Crippen molar-refractivity contribution in [2.45, 2.75) is 25.9 Å². The van der Waals surface area contributed by atoms with Gasteiger partial charge in [-0.2, -0.15) is 0 Å². The zero-order valence-electron chi connectivity index (χ0n) is 18.7. The smallest absolute Gasteiger partial charge is 0.220 e. The van der Waals surface area contributed by atoms with E-state index in [4.69, 9.17) is 20.2 Å². The van der Waals surface area contributed by atoms with Crippen LogP contribution in [-0.2, 0) is 13.0 Å². The first-order valence-corrected chi connectivity index (χ1v) is 10.8. The number of hydrogen-bond donors (Lipinski definition) is 2. The summed E-state index contributed by atoms with van der Waals surface area (Å²) in [6.45, 7) is 3.51. The lowest BCUT2D eigenvalue weighted by atomic mass is 9.93. The van der Waals surface area contributed by atoms with Crippen molar-refractivity contribution < 1.29 is 13.9 Å². The predicted molar refractivity (Wildman–Crippen MR) is 124 cm³/mol. The van der Waals surface area contributed by atoms with Crippen LogP contribution >= 0.6 is 0 Å². The van der Waals surface area contributed by atoms with Crippen LogP contribution in [0.2, 0.25) is 0 Å².